The van der Waals surface area contributed by atoms with E-state index >= 15 is 0 Å². The normalized spacial score (nSPS) is 15.7. The Hall–Kier alpha value is -2.08. The number of carbonyl (C=O) groups is 2. The SMILES string of the molecule is COC(=O)c1sc(NC(=O)C2CCN(S(=O)(=O)c3ccc(F)c(Cl)c3)CC2)nc1C. The summed E-state index contributed by atoms with van der Waals surface area (Å²) in [6.07, 6.45) is 0.627. The van der Waals surface area contributed by atoms with Gasteiger partial charge in [0.05, 0.1) is 22.7 Å². The number of hydrogen-bond acceptors (Lipinski definition) is 7. The maximum atomic E-state index is 13.3. The van der Waals surface area contributed by atoms with Crippen LogP contribution < -0.4 is 5.32 Å². The predicted molar refractivity (Wildman–Crippen MR) is 110 cm³/mol. The fourth-order valence-electron chi connectivity index (χ4n) is 3.08. The van der Waals surface area contributed by atoms with Crippen LogP contribution in [-0.4, -0.2) is 49.8 Å². The third-order valence-electron chi connectivity index (χ3n) is 4.75. The molecule has 0 atom stereocenters. The van der Waals surface area contributed by atoms with Gasteiger partial charge in [-0.25, -0.2) is 22.6 Å². The topological polar surface area (TPSA) is 106 Å². The van der Waals surface area contributed by atoms with E-state index in [0.717, 1.165) is 23.5 Å². The average Bonchev–Trinajstić information content (AvgIpc) is 3.09. The molecule has 1 aliphatic heterocycles. The number of nitrogens with one attached hydrogen (secondary N) is 1. The molecule has 1 aliphatic rings. The van der Waals surface area contributed by atoms with E-state index in [1.807, 2.05) is 0 Å². The van der Waals surface area contributed by atoms with Crippen molar-refractivity contribution in [2.75, 3.05) is 25.5 Å². The maximum Gasteiger partial charge on any atom is 0.350 e. The van der Waals surface area contributed by atoms with Crippen LogP contribution >= 0.6 is 22.9 Å². The van der Waals surface area contributed by atoms with E-state index in [2.05, 4.69) is 15.0 Å². The zero-order valence-electron chi connectivity index (χ0n) is 16.1. The van der Waals surface area contributed by atoms with Crippen LogP contribution in [0.1, 0.15) is 28.2 Å². The number of ether oxygens (including phenoxy) is 1. The van der Waals surface area contributed by atoms with Crippen LogP contribution in [0.3, 0.4) is 0 Å². The monoisotopic (exact) mass is 475 g/mol. The van der Waals surface area contributed by atoms with Crippen molar-refractivity contribution >= 4 is 50.0 Å². The van der Waals surface area contributed by atoms with Gasteiger partial charge in [-0.15, -0.1) is 0 Å². The lowest BCUT2D eigenvalue weighted by Gasteiger charge is -2.30. The summed E-state index contributed by atoms with van der Waals surface area (Å²) in [5.41, 5.74) is 0.459. The smallest absolute Gasteiger partial charge is 0.350 e. The van der Waals surface area contributed by atoms with Crippen LogP contribution in [0, 0.1) is 18.7 Å². The van der Waals surface area contributed by atoms with E-state index in [-0.39, 0.29) is 34.0 Å². The first-order valence-electron chi connectivity index (χ1n) is 8.95. The molecule has 2 heterocycles. The van der Waals surface area contributed by atoms with Gasteiger partial charge in [0.1, 0.15) is 10.7 Å². The van der Waals surface area contributed by atoms with E-state index in [1.54, 1.807) is 6.92 Å². The summed E-state index contributed by atoms with van der Waals surface area (Å²) in [4.78, 5) is 28.6. The number of carbonyl (C=O) groups excluding carboxylic acids is 2. The van der Waals surface area contributed by atoms with Gasteiger partial charge < -0.3 is 10.1 Å². The van der Waals surface area contributed by atoms with Gasteiger partial charge in [0.25, 0.3) is 0 Å². The summed E-state index contributed by atoms with van der Waals surface area (Å²) < 4.78 is 44.7. The van der Waals surface area contributed by atoms with E-state index in [9.17, 15) is 22.4 Å². The van der Waals surface area contributed by atoms with Crippen molar-refractivity contribution in [2.45, 2.75) is 24.7 Å². The van der Waals surface area contributed by atoms with E-state index < -0.39 is 27.7 Å². The Kier molecular flexibility index (Phi) is 6.75. The minimum absolute atomic E-state index is 0.0922. The summed E-state index contributed by atoms with van der Waals surface area (Å²) in [6.45, 7) is 1.92. The van der Waals surface area contributed by atoms with Crippen molar-refractivity contribution in [3.05, 3.63) is 39.6 Å². The molecule has 1 amide bonds. The number of esters is 1. The lowest BCUT2D eigenvalue weighted by atomic mass is 9.97. The van der Waals surface area contributed by atoms with Crippen LogP contribution in [0.15, 0.2) is 23.1 Å². The van der Waals surface area contributed by atoms with Gasteiger partial charge in [0, 0.05) is 19.0 Å². The fraction of sp³-hybridized carbons (Fsp3) is 0.389. The highest BCUT2D eigenvalue weighted by Crippen LogP contribution is 2.28. The Morgan fingerprint density at radius 2 is 2.00 bits per heavy atom. The molecule has 0 bridgehead atoms. The highest BCUT2D eigenvalue weighted by Gasteiger charge is 2.33. The zero-order chi connectivity index (χ0) is 22.1. The van der Waals surface area contributed by atoms with Crippen LogP contribution in [0.5, 0.6) is 0 Å². The lowest BCUT2D eigenvalue weighted by molar-refractivity contribution is -0.120. The molecule has 1 fully saturated rings. The Balaban J connectivity index is 1.63. The summed E-state index contributed by atoms with van der Waals surface area (Å²) in [5, 5.41) is 2.70. The molecule has 1 N–H and O–H groups in total. The van der Waals surface area contributed by atoms with Crippen molar-refractivity contribution in [3.63, 3.8) is 0 Å². The Bertz CT molecular complexity index is 1080. The largest absolute Gasteiger partial charge is 0.465 e. The van der Waals surface area contributed by atoms with E-state index in [1.165, 1.54) is 17.5 Å². The first-order chi connectivity index (χ1) is 14.1. The number of piperidine rings is 1. The van der Waals surface area contributed by atoms with Crippen molar-refractivity contribution < 1.29 is 27.1 Å². The second-order valence-electron chi connectivity index (χ2n) is 6.67. The Morgan fingerprint density at radius 1 is 1.33 bits per heavy atom. The summed E-state index contributed by atoms with van der Waals surface area (Å²) in [7, 11) is -2.57. The third kappa shape index (κ3) is 4.64. The van der Waals surface area contributed by atoms with E-state index in [4.69, 9.17) is 11.6 Å². The van der Waals surface area contributed by atoms with E-state index in [0.29, 0.717) is 23.4 Å². The number of rotatable bonds is 5. The van der Waals surface area contributed by atoms with Gasteiger partial charge in [0.15, 0.2) is 5.13 Å². The van der Waals surface area contributed by atoms with Gasteiger partial charge in [-0.3, -0.25) is 4.79 Å². The van der Waals surface area contributed by atoms with Crippen molar-refractivity contribution in [3.8, 4) is 0 Å². The number of thiazole rings is 1. The first kappa shape index (κ1) is 22.6. The number of benzene rings is 1. The summed E-state index contributed by atoms with van der Waals surface area (Å²) in [6, 6.07) is 3.25. The van der Waals surface area contributed by atoms with Crippen LogP contribution in [0.4, 0.5) is 9.52 Å². The number of nitrogens with zero attached hydrogens (tertiary/aromatic N) is 2. The highest BCUT2D eigenvalue weighted by molar-refractivity contribution is 7.89. The molecule has 3 rings (SSSR count). The van der Waals surface area contributed by atoms with Gasteiger partial charge in [0.2, 0.25) is 15.9 Å². The molecule has 162 valence electrons. The standard InChI is InChI=1S/C18H19ClFN3O5S2/c1-10-15(17(25)28-2)29-18(21-10)22-16(24)11-5-7-23(8-6-11)30(26,27)12-3-4-14(20)13(19)9-12/h3-4,9,11H,5-8H2,1-2H3,(H,21,22,24). The molecule has 0 aliphatic carbocycles. The molecule has 0 spiro atoms. The number of aromatic nitrogens is 1. The number of aryl methyl sites for hydroxylation is 1. The van der Waals surface area contributed by atoms with Crippen molar-refractivity contribution in [1.29, 1.82) is 0 Å². The highest BCUT2D eigenvalue weighted by atomic mass is 35.5. The fourth-order valence-corrected chi connectivity index (χ4v) is 5.71. The summed E-state index contributed by atoms with van der Waals surface area (Å²) >= 11 is 6.72. The number of anilines is 1. The van der Waals surface area contributed by atoms with Gasteiger partial charge >= 0.3 is 5.97 Å². The molecular formula is C18H19ClFN3O5S2. The molecule has 8 nitrogen and oxygen atoms in total. The van der Waals surface area contributed by atoms with Gasteiger partial charge in [-0.05, 0) is 38.0 Å². The molecule has 1 aromatic heterocycles. The second kappa shape index (κ2) is 8.96. The molecule has 2 aromatic rings. The predicted octanol–water partition coefficient (Wildman–Crippen LogP) is 3.07. The molecule has 0 radical (unpaired) electrons. The lowest BCUT2D eigenvalue weighted by Crippen LogP contribution is -2.41. The van der Waals surface area contributed by atoms with Crippen LogP contribution in [0.2, 0.25) is 5.02 Å². The molecule has 30 heavy (non-hydrogen) atoms. The molecule has 0 saturated carbocycles. The van der Waals surface area contributed by atoms with Crippen molar-refractivity contribution in [2.24, 2.45) is 5.92 Å². The molecule has 12 heteroatoms. The van der Waals surface area contributed by atoms with Gasteiger partial charge in [-0.2, -0.15) is 4.31 Å². The molecule has 1 aromatic carbocycles. The third-order valence-corrected chi connectivity index (χ3v) is 7.99. The number of halogens is 2. The number of sulfonamides is 1. The molecule has 1 saturated heterocycles. The molecule has 0 unspecified atom stereocenters. The maximum absolute atomic E-state index is 13.3. The quantitative estimate of drug-likeness (QED) is 0.666. The average molecular weight is 476 g/mol. The van der Waals surface area contributed by atoms with Crippen molar-refractivity contribution in [1.82, 2.24) is 9.29 Å². The van der Waals surface area contributed by atoms with Crippen LogP contribution in [-0.2, 0) is 19.6 Å². The molecular weight excluding hydrogens is 457 g/mol. The Labute approximate surface area is 182 Å². The minimum Gasteiger partial charge on any atom is -0.465 e. The van der Waals surface area contributed by atoms with Gasteiger partial charge in [-0.1, -0.05) is 22.9 Å². The number of hydrogen-bond donors (Lipinski definition) is 1. The summed E-state index contributed by atoms with van der Waals surface area (Å²) in [5.74, 6) is -1.91. The number of amides is 1. The minimum atomic E-state index is -3.84. The Morgan fingerprint density at radius 3 is 2.60 bits per heavy atom. The number of methoxy groups -OCH3 is 1. The zero-order valence-corrected chi connectivity index (χ0v) is 18.5. The first-order valence-corrected chi connectivity index (χ1v) is 11.6. The van der Waals surface area contributed by atoms with Crippen LogP contribution in [0.25, 0.3) is 0 Å². The second-order valence-corrected chi connectivity index (χ2v) is 10.0.